The highest BCUT2D eigenvalue weighted by Gasteiger charge is 2.51. The summed E-state index contributed by atoms with van der Waals surface area (Å²) in [6.07, 6.45) is 0.561. The number of hydrogen-bond donors (Lipinski definition) is 3. The largest absolute Gasteiger partial charge is 0.496 e. The average Bonchev–Trinajstić information content (AvgIpc) is 3.24. The molecule has 0 bridgehead atoms. The molecule has 2 atom stereocenters. The molecule has 0 spiro atoms. The number of esters is 1. The molecule has 0 radical (unpaired) electrons. The SMILES string of the molecule is CCOC(=O)C1(C)C(=O)Nc2cc3c(cc21)NC(c1ccc(OS(C)(=O)=O)cc1OC)N3. The summed E-state index contributed by atoms with van der Waals surface area (Å²) in [7, 11) is -2.20. The maximum absolute atomic E-state index is 12.6. The van der Waals surface area contributed by atoms with E-state index in [1.807, 2.05) is 0 Å². The van der Waals surface area contributed by atoms with E-state index in [9.17, 15) is 18.0 Å². The monoisotopic (exact) mass is 461 g/mol. The molecule has 2 aromatic carbocycles. The summed E-state index contributed by atoms with van der Waals surface area (Å²) in [4.78, 5) is 25.1. The van der Waals surface area contributed by atoms with Crippen molar-refractivity contribution in [2.45, 2.75) is 25.4 Å². The van der Waals surface area contributed by atoms with Crippen molar-refractivity contribution < 1.29 is 31.7 Å². The molecule has 0 aliphatic carbocycles. The van der Waals surface area contributed by atoms with Gasteiger partial charge in [-0.05, 0) is 38.1 Å². The van der Waals surface area contributed by atoms with Crippen LogP contribution >= 0.6 is 0 Å². The van der Waals surface area contributed by atoms with Gasteiger partial charge in [0.25, 0.3) is 0 Å². The predicted molar refractivity (Wildman–Crippen MR) is 118 cm³/mol. The van der Waals surface area contributed by atoms with Crippen LogP contribution in [0.3, 0.4) is 0 Å². The van der Waals surface area contributed by atoms with E-state index in [1.165, 1.54) is 19.2 Å². The third kappa shape index (κ3) is 3.58. The Morgan fingerprint density at radius 1 is 1.12 bits per heavy atom. The highest BCUT2D eigenvalue weighted by atomic mass is 32.2. The molecular formula is C21H23N3O7S. The van der Waals surface area contributed by atoms with Gasteiger partial charge in [-0.25, -0.2) is 0 Å². The van der Waals surface area contributed by atoms with Crippen molar-refractivity contribution >= 4 is 39.1 Å². The summed E-state index contributed by atoms with van der Waals surface area (Å²) in [6, 6.07) is 8.21. The van der Waals surface area contributed by atoms with Gasteiger partial charge in [-0.15, -0.1) is 0 Å². The highest BCUT2D eigenvalue weighted by Crippen LogP contribution is 2.47. The maximum atomic E-state index is 12.6. The molecule has 2 aromatic rings. The van der Waals surface area contributed by atoms with Crippen molar-refractivity contribution in [2.24, 2.45) is 0 Å². The van der Waals surface area contributed by atoms with Crippen LogP contribution < -0.4 is 24.9 Å². The van der Waals surface area contributed by atoms with Crippen LogP contribution in [0.2, 0.25) is 0 Å². The molecule has 2 unspecified atom stereocenters. The van der Waals surface area contributed by atoms with Crippen LogP contribution in [0.1, 0.15) is 31.1 Å². The topological polar surface area (TPSA) is 132 Å². The van der Waals surface area contributed by atoms with Crippen molar-refractivity contribution in [3.05, 3.63) is 41.5 Å². The first-order valence-electron chi connectivity index (χ1n) is 9.84. The third-order valence-electron chi connectivity index (χ3n) is 5.45. The van der Waals surface area contributed by atoms with Gasteiger partial charge < -0.3 is 29.6 Å². The summed E-state index contributed by atoms with van der Waals surface area (Å²) in [5.74, 6) is -0.493. The first-order valence-corrected chi connectivity index (χ1v) is 11.7. The van der Waals surface area contributed by atoms with Crippen LogP contribution in [0, 0.1) is 0 Å². The van der Waals surface area contributed by atoms with E-state index in [-0.39, 0.29) is 12.4 Å². The average molecular weight is 461 g/mol. The normalized spacial score (nSPS) is 21.0. The minimum absolute atomic E-state index is 0.135. The van der Waals surface area contributed by atoms with Gasteiger partial charge in [0.15, 0.2) is 5.41 Å². The molecule has 1 amide bonds. The molecule has 170 valence electrons. The molecule has 0 saturated heterocycles. The number of rotatable bonds is 6. The van der Waals surface area contributed by atoms with E-state index in [2.05, 4.69) is 16.0 Å². The number of hydrogen-bond acceptors (Lipinski definition) is 9. The molecule has 2 heterocycles. The van der Waals surface area contributed by atoms with Crippen LogP contribution in [0.15, 0.2) is 30.3 Å². The Morgan fingerprint density at radius 2 is 1.81 bits per heavy atom. The zero-order valence-electron chi connectivity index (χ0n) is 17.9. The number of ether oxygens (including phenoxy) is 2. The second-order valence-corrected chi connectivity index (χ2v) is 9.23. The summed E-state index contributed by atoms with van der Waals surface area (Å²) >= 11 is 0. The van der Waals surface area contributed by atoms with Gasteiger partial charge in [0.1, 0.15) is 17.7 Å². The molecule has 0 aromatic heterocycles. The van der Waals surface area contributed by atoms with Crippen LogP contribution in [-0.2, 0) is 29.9 Å². The van der Waals surface area contributed by atoms with Crippen molar-refractivity contribution in [1.82, 2.24) is 0 Å². The van der Waals surface area contributed by atoms with Gasteiger partial charge in [-0.3, -0.25) is 9.59 Å². The molecule has 32 heavy (non-hydrogen) atoms. The summed E-state index contributed by atoms with van der Waals surface area (Å²) in [5, 5.41) is 9.36. The second-order valence-electron chi connectivity index (χ2n) is 7.66. The number of benzene rings is 2. The van der Waals surface area contributed by atoms with E-state index in [0.29, 0.717) is 28.3 Å². The Kier molecular flexibility index (Phi) is 5.16. The maximum Gasteiger partial charge on any atom is 0.326 e. The number of carbonyl (C=O) groups excluding carboxylic acids is 2. The van der Waals surface area contributed by atoms with Crippen LogP contribution in [0.4, 0.5) is 17.1 Å². The molecule has 2 aliphatic heterocycles. The molecule has 2 aliphatic rings. The van der Waals surface area contributed by atoms with Crippen LogP contribution in [0.25, 0.3) is 0 Å². The quantitative estimate of drug-likeness (QED) is 0.337. The molecule has 0 fully saturated rings. The van der Waals surface area contributed by atoms with E-state index in [0.717, 1.165) is 11.9 Å². The number of carbonyl (C=O) groups is 2. The number of methoxy groups -OCH3 is 1. The first-order chi connectivity index (χ1) is 15.1. The molecule has 10 nitrogen and oxygen atoms in total. The van der Waals surface area contributed by atoms with Gasteiger partial charge >= 0.3 is 16.1 Å². The molecule has 3 N–H and O–H groups in total. The Balaban J connectivity index is 1.65. The molecule has 11 heteroatoms. The lowest BCUT2D eigenvalue weighted by atomic mass is 9.83. The van der Waals surface area contributed by atoms with Crippen molar-refractivity contribution in [2.75, 3.05) is 35.9 Å². The lowest BCUT2D eigenvalue weighted by Gasteiger charge is -2.20. The molecule has 0 saturated carbocycles. The lowest BCUT2D eigenvalue weighted by molar-refractivity contribution is -0.152. The smallest absolute Gasteiger partial charge is 0.326 e. The van der Waals surface area contributed by atoms with Crippen LogP contribution in [-0.4, -0.2) is 40.3 Å². The highest BCUT2D eigenvalue weighted by molar-refractivity contribution is 7.86. The fraction of sp³-hybridized carbons (Fsp3) is 0.333. The summed E-state index contributed by atoms with van der Waals surface area (Å²) in [5.41, 5.74) is 1.74. The standard InChI is InChI=1S/C21H23N3O7S/c1-5-30-20(26)21(2)13-9-15-16(10-14(13)24-19(21)25)23-18(22-15)12-7-6-11(8-17(12)29-3)31-32(4,27)28/h6-10,18,22-23H,5H2,1-4H3,(H,24,25). The van der Waals surface area contributed by atoms with Gasteiger partial charge in [-0.1, -0.05) is 0 Å². The zero-order chi connectivity index (χ0) is 23.3. The van der Waals surface area contributed by atoms with Crippen molar-refractivity contribution in [3.63, 3.8) is 0 Å². The lowest BCUT2D eigenvalue weighted by Crippen LogP contribution is -2.40. The molecular weight excluding hydrogens is 438 g/mol. The fourth-order valence-electron chi connectivity index (χ4n) is 3.86. The van der Waals surface area contributed by atoms with Gasteiger partial charge in [-0.2, -0.15) is 8.42 Å². The first kappa shape index (κ1) is 21.8. The van der Waals surface area contributed by atoms with Crippen molar-refractivity contribution in [1.29, 1.82) is 0 Å². The van der Waals surface area contributed by atoms with E-state index < -0.39 is 33.6 Å². The Bertz CT molecular complexity index is 1230. The van der Waals surface area contributed by atoms with E-state index >= 15 is 0 Å². The summed E-state index contributed by atoms with van der Waals surface area (Å²) in [6.45, 7) is 3.40. The van der Waals surface area contributed by atoms with Crippen molar-refractivity contribution in [3.8, 4) is 11.5 Å². The van der Waals surface area contributed by atoms with Gasteiger partial charge in [0.05, 0.1) is 31.3 Å². The minimum Gasteiger partial charge on any atom is -0.496 e. The number of anilines is 3. The van der Waals surface area contributed by atoms with E-state index in [4.69, 9.17) is 13.7 Å². The number of amides is 1. The van der Waals surface area contributed by atoms with Gasteiger partial charge in [0.2, 0.25) is 5.91 Å². The third-order valence-corrected chi connectivity index (χ3v) is 5.94. The Hall–Kier alpha value is -3.47. The number of nitrogens with one attached hydrogen (secondary N) is 3. The second kappa shape index (κ2) is 7.59. The summed E-state index contributed by atoms with van der Waals surface area (Å²) < 4.78 is 38.3. The van der Waals surface area contributed by atoms with Gasteiger partial charge in [0, 0.05) is 22.9 Å². The fourth-order valence-corrected chi connectivity index (χ4v) is 4.32. The zero-order valence-corrected chi connectivity index (χ0v) is 18.8. The minimum atomic E-state index is -3.67. The number of fused-ring (bicyclic) bond motifs is 2. The van der Waals surface area contributed by atoms with E-state index in [1.54, 1.807) is 32.0 Å². The molecule has 4 rings (SSSR count). The Labute approximate surface area is 185 Å². The predicted octanol–water partition coefficient (Wildman–Crippen LogP) is 2.34. The Morgan fingerprint density at radius 3 is 2.44 bits per heavy atom. The van der Waals surface area contributed by atoms with Crippen LogP contribution in [0.5, 0.6) is 11.5 Å².